The molecule has 0 aromatic carbocycles. The van der Waals surface area contributed by atoms with Crippen LogP contribution < -0.4 is 0 Å². The molecule has 2 saturated heterocycles. The van der Waals surface area contributed by atoms with Crippen LogP contribution >= 0.6 is 0 Å². The number of carbonyl (C=O) groups is 1. The van der Waals surface area contributed by atoms with Crippen molar-refractivity contribution in [1.82, 2.24) is 14.7 Å². The maximum atomic E-state index is 12.3. The highest BCUT2D eigenvalue weighted by Gasteiger charge is 2.52. The van der Waals surface area contributed by atoms with Crippen molar-refractivity contribution in [3.05, 3.63) is 0 Å². The van der Waals surface area contributed by atoms with Crippen molar-refractivity contribution in [3.8, 4) is 0 Å². The van der Waals surface area contributed by atoms with Gasteiger partial charge in [-0.15, -0.1) is 0 Å². The number of hydrogen-bond donors (Lipinski definition) is 3. The summed E-state index contributed by atoms with van der Waals surface area (Å²) in [6.45, 7) is -0.115. The van der Waals surface area contributed by atoms with Gasteiger partial charge in [-0.25, -0.2) is 0 Å². The normalized spacial score (nSPS) is 37.7. The van der Waals surface area contributed by atoms with Crippen LogP contribution in [-0.2, 0) is 9.53 Å². The second-order valence-electron chi connectivity index (χ2n) is 6.11. The summed E-state index contributed by atoms with van der Waals surface area (Å²) in [4.78, 5) is 25.6. The molecule has 3 N–H and O–H groups in total. The third-order valence-corrected chi connectivity index (χ3v) is 4.24. The Morgan fingerprint density at radius 2 is 2.00 bits per heavy atom. The number of amides is 1. The molecule has 2 fully saturated rings. The third-order valence-electron chi connectivity index (χ3n) is 4.24. The van der Waals surface area contributed by atoms with Crippen molar-refractivity contribution in [2.24, 2.45) is 9.98 Å². The number of ether oxygens (including phenoxy) is 1. The molecule has 0 bridgehead atoms. The standard InChI is InChI=1S/C13H21N5O5/c1-16(2)13-14-10-7(11(22)15-13)17(3)5-18(10)12-9(21)8(20)6(4-19)23-12/h6-9,12,19-21H,4-5H2,1-3H3. The maximum absolute atomic E-state index is 12.3. The summed E-state index contributed by atoms with van der Waals surface area (Å²) < 4.78 is 5.55. The van der Waals surface area contributed by atoms with Gasteiger partial charge in [0.2, 0.25) is 5.96 Å². The van der Waals surface area contributed by atoms with Gasteiger partial charge >= 0.3 is 0 Å². The molecule has 5 unspecified atom stereocenters. The second kappa shape index (κ2) is 5.80. The summed E-state index contributed by atoms with van der Waals surface area (Å²) >= 11 is 0. The molecule has 0 aromatic rings. The number of fused-ring (bicyclic) bond motifs is 1. The van der Waals surface area contributed by atoms with Crippen LogP contribution in [0.2, 0.25) is 0 Å². The molecule has 23 heavy (non-hydrogen) atoms. The Bertz CT molecular complexity index is 565. The minimum atomic E-state index is -1.21. The first-order valence-corrected chi connectivity index (χ1v) is 7.33. The molecule has 0 aromatic heterocycles. The number of aliphatic hydroxyl groups excluding tert-OH is 3. The van der Waals surface area contributed by atoms with Crippen molar-refractivity contribution in [1.29, 1.82) is 0 Å². The number of aliphatic imine (C=N–C) groups is 2. The van der Waals surface area contributed by atoms with E-state index in [-0.39, 0.29) is 18.5 Å². The van der Waals surface area contributed by atoms with E-state index in [1.54, 1.807) is 35.8 Å². The zero-order valence-corrected chi connectivity index (χ0v) is 13.2. The number of guanidine groups is 1. The molecule has 0 spiro atoms. The van der Waals surface area contributed by atoms with Gasteiger partial charge in [0.1, 0.15) is 24.1 Å². The molecule has 10 heteroatoms. The Morgan fingerprint density at radius 1 is 1.30 bits per heavy atom. The van der Waals surface area contributed by atoms with Crippen molar-refractivity contribution in [2.75, 3.05) is 34.4 Å². The predicted octanol–water partition coefficient (Wildman–Crippen LogP) is -3.14. The molecule has 3 heterocycles. The van der Waals surface area contributed by atoms with E-state index in [1.807, 2.05) is 0 Å². The molecule has 128 valence electrons. The highest BCUT2D eigenvalue weighted by Crippen LogP contribution is 2.29. The topological polar surface area (TPSA) is 121 Å². The lowest BCUT2D eigenvalue weighted by atomic mass is 10.1. The van der Waals surface area contributed by atoms with Crippen molar-refractivity contribution < 1.29 is 24.9 Å². The number of aliphatic hydroxyl groups is 3. The summed E-state index contributed by atoms with van der Waals surface area (Å²) in [5, 5.41) is 29.4. The minimum Gasteiger partial charge on any atom is -0.394 e. The Hall–Kier alpha value is -1.59. The molecule has 5 atom stereocenters. The van der Waals surface area contributed by atoms with Gasteiger partial charge in [0.15, 0.2) is 12.3 Å². The monoisotopic (exact) mass is 327 g/mol. The molecule has 0 aliphatic carbocycles. The molecule has 0 saturated carbocycles. The quantitative estimate of drug-likeness (QED) is 0.486. The summed E-state index contributed by atoms with van der Waals surface area (Å²) in [6, 6.07) is -0.639. The lowest BCUT2D eigenvalue weighted by molar-refractivity contribution is -0.120. The first-order chi connectivity index (χ1) is 10.8. The van der Waals surface area contributed by atoms with Crippen LogP contribution in [0.25, 0.3) is 0 Å². The summed E-state index contributed by atoms with van der Waals surface area (Å²) in [5.41, 5.74) is 0. The van der Waals surface area contributed by atoms with Crippen LogP contribution in [-0.4, -0.2) is 113 Å². The van der Waals surface area contributed by atoms with Gasteiger partial charge in [0.05, 0.1) is 13.3 Å². The highest BCUT2D eigenvalue weighted by atomic mass is 16.6. The Labute approximate surface area is 133 Å². The van der Waals surface area contributed by atoms with Crippen LogP contribution in [0.3, 0.4) is 0 Å². The number of carbonyl (C=O) groups excluding carboxylic acids is 1. The maximum Gasteiger partial charge on any atom is 0.274 e. The average Bonchev–Trinajstić information content (AvgIpc) is 2.98. The van der Waals surface area contributed by atoms with Crippen molar-refractivity contribution in [3.63, 3.8) is 0 Å². The summed E-state index contributed by atoms with van der Waals surface area (Å²) in [6.07, 6.45) is -4.17. The van der Waals surface area contributed by atoms with Crippen LogP contribution in [0.1, 0.15) is 0 Å². The van der Waals surface area contributed by atoms with Gasteiger partial charge < -0.3 is 29.9 Å². The van der Waals surface area contributed by atoms with E-state index in [4.69, 9.17) is 4.74 Å². The molecule has 3 rings (SSSR count). The van der Waals surface area contributed by atoms with E-state index in [9.17, 15) is 20.1 Å². The number of rotatable bonds is 2. The lowest BCUT2D eigenvalue weighted by Gasteiger charge is -2.29. The minimum absolute atomic E-state index is 0.272. The molecule has 10 nitrogen and oxygen atoms in total. The van der Waals surface area contributed by atoms with Gasteiger partial charge in [0.25, 0.3) is 5.91 Å². The smallest absolute Gasteiger partial charge is 0.274 e. The van der Waals surface area contributed by atoms with E-state index in [0.717, 1.165) is 0 Å². The summed E-state index contributed by atoms with van der Waals surface area (Å²) in [7, 11) is 5.20. The predicted molar refractivity (Wildman–Crippen MR) is 79.6 cm³/mol. The third kappa shape index (κ3) is 2.52. The first-order valence-electron chi connectivity index (χ1n) is 7.33. The Balaban J connectivity index is 1.92. The fourth-order valence-corrected chi connectivity index (χ4v) is 3.01. The second-order valence-corrected chi connectivity index (χ2v) is 6.11. The fourth-order valence-electron chi connectivity index (χ4n) is 3.01. The summed E-state index contributed by atoms with van der Waals surface area (Å²) in [5.74, 6) is 0.356. The number of hydrogen-bond acceptors (Lipinski definition) is 9. The van der Waals surface area contributed by atoms with E-state index >= 15 is 0 Å². The lowest BCUT2D eigenvalue weighted by Crippen LogP contribution is -2.49. The zero-order valence-electron chi connectivity index (χ0n) is 13.2. The average molecular weight is 327 g/mol. The van der Waals surface area contributed by atoms with Crippen LogP contribution in [0.4, 0.5) is 0 Å². The molecule has 3 aliphatic heterocycles. The van der Waals surface area contributed by atoms with Crippen molar-refractivity contribution >= 4 is 17.7 Å². The van der Waals surface area contributed by atoms with Gasteiger partial charge in [-0.2, -0.15) is 9.98 Å². The van der Waals surface area contributed by atoms with Gasteiger partial charge in [-0.3, -0.25) is 9.69 Å². The van der Waals surface area contributed by atoms with Gasteiger partial charge in [-0.1, -0.05) is 0 Å². The molecule has 1 amide bonds. The fraction of sp³-hybridized carbons (Fsp3) is 0.769. The van der Waals surface area contributed by atoms with E-state index < -0.39 is 37.2 Å². The molecular weight excluding hydrogens is 306 g/mol. The van der Waals surface area contributed by atoms with Crippen LogP contribution in [0.15, 0.2) is 9.98 Å². The largest absolute Gasteiger partial charge is 0.394 e. The van der Waals surface area contributed by atoms with Crippen molar-refractivity contribution in [2.45, 2.75) is 30.6 Å². The van der Waals surface area contributed by atoms with E-state index in [1.165, 1.54) is 0 Å². The molecular formula is C13H21N5O5. The van der Waals surface area contributed by atoms with Crippen LogP contribution in [0, 0.1) is 0 Å². The number of likely N-dealkylation sites (N-methyl/N-ethyl adjacent to an activating group) is 1. The van der Waals surface area contributed by atoms with Crippen LogP contribution in [0.5, 0.6) is 0 Å². The van der Waals surface area contributed by atoms with Gasteiger partial charge in [0, 0.05) is 14.1 Å². The van der Waals surface area contributed by atoms with Gasteiger partial charge in [-0.05, 0) is 7.05 Å². The Morgan fingerprint density at radius 3 is 2.57 bits per heavy atom. The number of amidine groups is 1. The molecule has 3 aliphatic rings. The van der Waals surface area contributed by atoms with E-state index in [0.29, 0.717) is 5.84 Å². The zero-order chi connectivity index (χ0) is 16.9. The Kier molecular flexibility index (Phi) is 4.10. The molecule has 0 radical (unpaired) electrons. The highest BCUT2D eigenvalue weighted by molar-refractivity contribution is 6.18. The van der Waals surface area contributed by atoms with E-state index in [2.05, 4.69) is 9.98 Å². The number of nitrogens with zero attached hydrogens (tertiary/aromatic N) is 5. The first kappa shape index (κ1) is 16.3. The SMILES string of the molecule is CN(C)C1=NC(=O)C2C(=N1)N(C1OC(CO)C(O)C1O)CN2C.